The average molecular weight is 200 g/mol. The number of nitrogens with one attached hydrogen (secondary N) is 1. The Kier molecular flexibility index (Phi) is 3.88. The molecule has 1 fully saturated rings. The van der Waals surface area contributed by atoms with Crippen LogP contribution in [0.1, 0.15) is 25.7 Å². The molecule has 14 heavy (non-hydrogen) atoms. The summed E-state index contributed by atoms with van der Waals surface area (Å²) in [5.41, 5.74) is 5.78. The van der Waals surface area contributed by atoms with Gasteiger partial charge in [0.2, 0.25) is 5.91 Å². The fraction of sp³-hybridized carbons (Fsp3) is 0.778. The molecule has 0 spiro atoms. The number of rotatable bonds is 3. The van der Waals surface area contributed by atoms with Crippen LogP contribution in [0, 0.1) is 5.92 Å². The van der Waals surface area contributed by atoms with Crippen molar-refractivity contribution in [1.29, 1.82) is 0 Å². The molecule has 2 atom stereocenters. The van der Waals surface area contributed by atoms with Crippen molar-refractivity contribution in [3.8, 4) is 0 Å². The van der Waals surface area contributed by atoms with E-state index in [2.05, 4.69) is 5.32 Å². The average Bonchev–Trinajstić information content (AvgIpc) is 2.15. The van der Waals surface area contributed by atoms with Gasteiger partial charge in [-0.1, -0.05) is 12.8 Å². The van der Waals surface area contributed by atoms with Gasteiger partial charge >= 0.3 is 5.97 Å². The van der Waals surface area contributed by atoms with Crippen LogP contribution >= 0.6 is 0 Å². The molecule has 0 radical (unpaired) electrons. The van der Waals surface area contributed by atoms with Gasteiger partial charge in [0.25, 0.3) is 0 Å². The van der Waals surface area contributed by atoms with E-state index >= 15 is 0 Å². The highest BCUT2D eigenvalue weighted by molar-refractivity contribution is 5.83. The number of carboxylic acid groups (broad SMARTS) is 1. The summed E-state index contributed by atoms with van der Waals surface area (Å²) in [5, 5.41) is 10.7. The van der Waals surface area contributed by atoms with E-state index in [1.807, 2.05) is 0 Å². The van der Waals surface area contributed by atoms with Crippen molar-refractivity contribution in [1.82, 2.24) is 5.32 Å². The summed E-state index contributed by atoms with van der Waals surface area (Å²) in [6, 6.07) is -0.113. The van der Waals surface area contributed by atoms with Gasteiger partial charge in [-0.15, -0.1) is 0 Å². The Morgan fingerprint density at radius 1 is 1.36 bits per heavy atom. The summed E-state index contributed by atoms with van der Waals surface area (Å²) < 4.78 is 0. The van der Waals surface area contributed by atoms with Gasteiger partial charge in [0.15, 0.2) is 0 Å². The van der Waals surface area contributed by atoms with Crippen LogP contribution in [-0.2, 0) is 9.59 Å². The van der Waals surface area contributed by atoms with E-state index in [0.717, 1.165) is 25.7 Å². The lowest BCUT2D eigenvalue weighted by molar-refractivity contribution is -0.138. The Balaban J connectivity index is 2.38. The highest BCUT2D eigenvalue weighted by atomic mass is 16.4. The van der Waals surface area contributed by atoms with Gasteiger partial charge in [-0.25, -0.2) is 0 Å². The molecule has 0 aromatic heterocycles. The maximum atomic E-state index is 11.5. The number of carboxylic acids is 1. The standard InChI is InChI=1S/C9H16N2O3/c10-7-4-2-1-3-6(7)9(14)11-5-8(12)13/h6-7H,1-5,10H2,(H,11,14)(H,12,13). The molecule has 0 saturated heterocycles. The molecule has 0 aromatic rings. The first-order valence-electron chi connectivity index (χ1n) is 4.86. The third kappa shape index (κ3) is 2.99. The van der Waals surface area contributed by atoms with E-state index in [0.29, 0.717) is 0 Å². The lowest BCUT2D eigenvalue weighted by Crippen LogP contribution is -2.44. The summed E-state index contributed by atoms with van der Waals surface area (Å²) in [5.74, 6) is -1.45. The maximum absolute atomic E-state index is 11.5. The normalized spacial score (nSPS) is 26.9. The van der Waals surface area contributed by atoms with Crippen LogP contribution in [0.3, 0.4) is 0 Å². The van der Waals surface area contributed by atoms with Crippen LogP contribution in [-0.4, -0.2) is 29.6 Å². The molecule has 5 nitrogen and oxygen atoms in total. The number of hydrogen-bond acceptors (Lipinski definition) is 3. The number of amides is 1. The molecule has 1 aliphatic carbocycles. The molecule has 2 unspecified atom stereocenters. The van der Waals surface area contributed by atoms with Crippen molar-refractivity contribution >= 4 is 11.9 Å². The molecule has 0 heterocycles. The van der Waals surface area contributed by atoms with Gasteiger partial charge < -0.3 is 16.2 Å². The zero-order valence-electron chi connectivity index (χ0n) is 8.03. The van der Waals surface area contributed by atoms with Crippen LogP contribution in [0.15, 0.2) is 0 Å². The summed E-state index contributed by atoms with van der Waals surface area (Å²) >= 11 is 0. The van der Waals surface area contributed by atoms with Gasteiger partial charge in [0.1, 0.15) is 6.54 Å². The predicted molar refractivity (Wildman–Crippen MR) is 50.6 cm³/mol. The largest absolute Gasteiger partial charge is 0.480 e. The molecule has 80 valence electrons. The third-order valence-electron chi connectivity index (χ3n) is 2.57. The Labute approximate surface area is 82.7 Å². The highest BCUT2D eigenvalue weighted by Crippen LogP contribution is 2.22. The second-order valence-corrected chi connectivity index (χ2v) is 3.67. The topological polar surface area (TPSA) is 92.4 Å². The number of hydrogen-bond donors (Lipinski definition) is 3. The van der Waals surface area contributed by atoms with Crippen molar-refractivity contribution in [2.45, 2.75) is 31.7 Å². The molecular formula is C9H16N2O3. The van der Waals surface area contributed by atoms with Crippen molar-refractivity contribution in [3.05, 3.63) is 0 Å². The highest BCUT2D eigenvalue weighted by Gasteiger charge is 2.28. The van der Waals surface area contributed by atoms with Crippen molar-refractivity contribution in [2.24, 2.45) is 11.7 Å². The first kappa shape index (κ1) is 11.0. The van der Waals surface area contributed by atoms with Gasteiger partial charge in [-0.2, -0.15) is 0 Å². The molecule has 4 N–H and O–H groups in total. The zero-order chi connectivity index (χ0) is 10.6. The van der Waals surface area contributed by atoms with Crippen LogP contribution in [0.2, 0.25) is 0 Å². The van der Waals surface area contributed by atoms with E-state index in [1.54, 1.807) is 0 Å². The van der Waals surface area contributed by atoms with Gasteiger partial charge in [-0.05, 0) is 12.8 Å². The van der Waals surface area contributed by atoms with Gasteiger partial charge in [-0.3, -0.25) is 9.59 Å². The molecule has 1 rings (SSSR count). The van der Waals surface area contributed by atoms with Crippen LogP contribution in [0.5, 0.6) is 0 Å². The number of nitrogens with two attached hydrogens (primary N) is 1. The molecule has 0 aliphatic heterocycles. The summed E-state index contributed by atoms with van der Waals surface area (Å²) in [7, 11) is 0. The minimum absolute atomic E-state index is 0.113. The summed E-state index contributed by atoms with van der Waals surface area (Å²) in [6.45, 7) is -0.317. The predicted octanol–water partition coefficient (Wildman–Crippen LogP) is -0.295. The fourth-order valence-electron chi connectivity index (χ4n) is 1.78. The zero-order valence-corrected chi connectivity index (χ0v) is 8.03. The second-order valence-electron chi connectivity index (χ2n) is 3.67. The van der Waals surface area contributed by atoms with E-state index in [1.165, 1.54) is 0 Å². The van der Waals surface area contributed by atoms with Crippen molar-refractivity contribution < 1.29 is 14.7 Å². The maximum Gasteiger partial charge on any atom is 0.322 e. The minimum atomic E-state index is -1.03. The van der Waals surface area contributed by atoms with Gasteiger partial charge in [0, 0.05) is 6.04 Å². The van der Waals surface area contributed by atoms with E-state index < -0.39 is 5.97 Å². The smallest absolute Gasteiger partial charge is 0.322 e. The van der Waals surface area contributed by atoms with E-state index in [9.17, 15) is 9.59 Å². The van der Waals surface area contributed by atoms with E-state index in [4.69, 9.17) is 10.8 Å². The second kappa shape index (κ2) is 4.95. The molecule has 5 heteroatoms. The van der Waals surface area contributed by atoms with Crippen molar-refractivity contribution in [3.63, 3.8) is 0 Å². The molecular weight excluding hydrogens is 184 g/mol. The Morgan fingerprint density at radius 2 is 2.00 bits per heavy atom. The number of carbonyl (C=O) groups excluding carboxylic acids is 1. The fourth-order valence-corrected chi connectivity index (χ4v) is 1.78. The summed E-state index contributed by atoms with van der Waals surface area (Å²) in [4.78, 5) is 21.7. The molecule has 0 aromatic carbocycles. The number of carbonyl (C=O) groups is 2. The first-order valence-corrected chi connectivity index (χ1v) is 4.86. The quantitative estimate of drug-likeness (QED) is 0.583. The number of aliphatic carboxylic acids is 1. The Morgan fingerprint density at radius 3 is 2.57 bits per heavy atom. The van der Waals surface area contributed by atoms with Crippen LogP contribution in [0.25, 0.3) is 0 Å². The summed E-state index contributed by atoms with van der Waals surface area (Å²) in [6.07, 6.45) is 3.68. The molecule has 0 bridgehead atoms. The lowest BCUT2D eigenvalue weighted by Gasteiger charge is -2.27. The molecule has 1 saturated carbocycles. The lowest BCUT2D eigenvalue weighted by atomic mass is 9.84. The Hall–Kier alpha value is -1.10. The van der Waals surface area contributed by atoms with E-state index in [-0.39, 0.29) is 24.4 Å². The molecule has 1 amide bonds. The van der Waals surface area contributed by atoms with Crippen LogP contribution < -0.4 is 11.1 Å². The Bertz CT molecular complexity index is 230. The SMILES string of the molecule is NC1CCCCC1C(=O)NCC(=O)O. The third-order valence-corrected chi connectivity index (χ3v) is 2.57. The van der Waals surface area contributed by atoms with Gasteiger partial charge in [0.05, 0.1) is 5.92 Å². The minimum Gasteiger partial charge on any atom is -0.480 e. The molecule has 1 aliphatic rings. The van der Waals surface area contributed by atoms with Crippen LogP contribution in [0.4, 0.5) is 0 Å². The monoisotopic (exact) mass is 200 g/mol. The first-order chi connectivity index (χ1) is 6.61. The van der Waals surface area contributed by atoms with Crippen molar-refractivity contribution in [2.75, 3.05) is 6.54 Å².